The van der Waals surface area contributed by atoms with Crippen molar-refractivity contribution < 1.29 is 33.9 Å². The molecular weight excluding hydrogens is 705 g/mol. The Morgan fingerprint density at radius 2 is 1.22 bits per heavy atom. The number of benzene rings is 3. The van der Waals surface area contributed by atoms with E-state index >= 15 is 0 Å². The van der Waals surface area contributed by atoms with Gasteiger partial charge in [-0.15, -0.1) is 11.3 Å². The fourth-order valence-electron chi connectivity index (χ4n) is 6.41. The molecule has 1 saturated heterocycles. The number of Topliss-reactive ketones (excluding diaryl/α,β-unsaturated/α-hetero) is 1. The molecule has 1 fully saturated rings. The second-order valence-corrected chi connectivity index (χ2v) is 14.6. The van der Waals surface area contributed by atoms with Gasteiger partial charge in [0.2, 0.25) is 23.6 Å². The SMILES string of the molecule is O=C1CCC(=O)N[C@H](Cc2cccs2)C(=O)N[C@@H](Cc2ccc(-c3ccccc3)cc2)C(=O)N[C@H](Cc2ccccc2)C(=O)C[C@H](C(=O)O)CCCCN1. The molecular formula is C42H46N4O7S. The third kappa shape index (κ3) is 12.2. The maximum Gasteiger partial charge on any atom is 0.306 e. The maximum atomic E-state index is 14.3. The van der Waals surface area contributed by atoms with Gasteiger partial charge in [-0.3, -0.25) is 28.8 Å². The average molecular weight is 751 g/mol. The highest BCUT2D eigenvalue weighted by molar-refractivity contribution is 7.09. The van der Waals surface area contributed by atoms with Gasteiger partial charge in [0.15, 0.2) is 5.78 Å². The Bertz CT molecular complexity index is 1870. The summed E-state index contributed by atoms with van der Waals surface area (Å²) in [5.41, 5.74) is 3.50. The van der Waals surface area contributed by atoms with E-state index < -0.39 is 53.5 Å². The molecule has 0 bridgehead atoms. The molecule has 282 valence electrons. The fourth-order valence-corrected chi connectivity index (χ4v) is 7.16. The number of nitrogens with one attached hydrogen (secondary N) is 4. The minimum absolute atomic E-state index is 0.0660. The lowest BCUT2D eigenvalue weighted by Crippen LogP contribution is -2.57. The quantitative estimate of drug-likeness (QED) is 0.175. The van der Waals surface area contributed by atoms with Crippen LogP contribution in [0.2, 0.25) is 0 Å². The summed E-state index contributed by atoms with van der Waals surface area (Å²) in [4.78, 5) is 80.9. The average Bonchev–Trinajstić information content (AvgIpc) is 3.69. The van der Waals surface area contributed by atoms with E-state index in [0.29, 0.717) is 12.8 Å². The van der Waals surface area contributed by atoms with Crippen LogP contribution >= 0.6 is 11.3 Å². The van der Waals surface area contributed by atoms with E-state index in [9.17, 15) is 33.9 Å². The maximum absolute atomic E-state index is 14.3. The van der Waals surface area contributed by atoms with Crippen molar-refractivity contribution in [2.24, 2.45) is 5.92 Å². The Labute approximate surface area is 318 Å². The predicted molar refractivity (Wildman–Crippen MR) is 206 cm³/mol. The highest BCUT2D eigenvalue weighted by atomic mass is 32.1. The number of hydrogen-bond donors (Lipinski definition) is 5. The summed E-state index contributed by atoms with van der Waals surface area (Å²) in [7, 11) is 0. The molecule has 1 aromatic heterocycles. The molecule has 0 aliphatic carbocycles. The molecule has 54 heavy (non-hydrogen) atoms. The van der Waals surface area contributed by atoms with Gasteiger partial charge in [-0.25, -0.2) is 0 Å². The summed E-state index contributed by atoms with van der Waals surface area (Å²) in [5.74, 6) is -4.62. The Morgan fingerprint density at radius 1 is 0.630 bits per heavy atom. The first-order chi connectivity index (χ1) is 26.1. The van der Waals surface area contributed by atoms with E-state index in [0.717, 1.165) is 27.1 Å². The molecule has 11 nitrogen and oxygen atoms in total. The van der Waals surface area contributed by atoms with Crippen LogP contribution in [0, 0.1) is 5.92 Å². The largest absolute Gasteiger partial charge is 0.481 e. The molecule has 1 aliphatic rings. The lowest BCUT2D eigenvalue weighted by Gasteiger charge is -2.26. The van der Waals surface area contributed by atoms with Crippen LogP contribution in [0.4, 0.5) is 0 Å². The third-order valence-electron chi connectivity index (χ3n) is 9.44. The normalized spacial score (nSPS) is 21.2. The van der Waals surface area contributed by atoms with Gasteiger partial charge in [-0.1, -0.05) is 97.4 Å². The number of carboxylic acids is 1. The van der Waals surface area contributed by atoms with Gasteiger partial charge in [0.05, 0.1) is 12.0 Å². The molecule has 12 heteroatoms. The molecule has 1 aliphatic heterocycles. The summed E-state index contributed by atoms with van der Waals surface area (Å²) in [5, 5.41) is 23.1. The highest BCUT2D eigenvalue weighted by Gasteiger charge is 2.32. The Balaban J connectivity index is 1.46. The van der Waals surface area contributed by atoms with Crippen molar-refractivity contribution in [2.45, 2.75) is 75.9 Å². The van der Waals surface area contributed by atoms with Crippen molar-refractivity contribution in [3.05, 3.63) is 118 Å². The van der Waals surface area contributed by atoms with Gasteiger partial charge in [-0.2, -0.15) is 0 Å². The number of hydrogen-bond acceptors (Lipinski definition) is 7. The highest BCUT2D eigenvalue weighted by Crippen LogP contribution is 2.21. The summed E-state index contributed by atoms with van der Waals surface area (Å²) >= 11 is 1.42. The Morgan fingerprint density at radius 3 is 1.89 bits per heavy atom. The molecule has 0 spiro atoms. The first-order valence-corrected chi connectivity index (χ1v) is 19.2. The topological polar surface area (TPSA) is 171 Å². The monoisotopic (exact) mass is 750 g/mol. The molecule has 0 saturated carbocycles. The number of ketones is 1. The predicted octanol–water partition coefficient (Wildman–Crippen LogP) is 4.64. The molecule has 4 atom stereocenters. The third-order valence-corrected chi connectivity index (χ3v) is 10.3. The molecule has 4 amide bonds. The summed E-state index contributed by atoms with van der Waals surface area (Å²) in [6.45, 7) is 0.285. The zero-order valence-electron chi connectivity index (χ0n) is 30.0. The zero-order chi connectivity index (χ0) is 38.3. The molecule has 0 unspecified atom stereocenters. The second kappa shape index (κ2) is 20.0. The number of carboxylic acid groups (broad SMARTS) is 1. The van der Waals surface area contributed by atoms with E-state index in [1.165, 1.54) is 11.3 Å². The van der Waals surface area contributed by atoms with Crippen molar-refractivity contribution in [2.75, 3.05) is 6.54 Å². The molecule has 2 heterocycles. The van der Waals surface area contributed by atoms with Crippen molar-refractivity contribution in [3.63, 3.8) is 0 Å². The van der Waals surface area contributed by atoms with Crippen LogP contribution in [-0.4, -0.2) is 65.2 Å². The van der Waals surface area contributed by atoms with E-state index in [1.54, 1.807) is 0 Å². The number of thiophene rings is 1. The van der Waals surface area contributed by atoms with Crippen molar-refractivity contribution in [3.8, 4) is 11.1 Å². The van der Waals surface area contributed by atoms with Gasteiger partial charge in [-0.05, 0) is 53.0 Å². The smallest absolute Gasteiger partial charge is 0.306 e. The number of amides is 4. The molecule has 5 rings (SSSR count). The van der Waals surface area contributed by atoms with Crippen molar-refractivity contribution in [1.82, 2.24) is 21.3 Å². The van der Waals surface area contributed by atoms with E-state index in [1.807, 2.05) is 102 Å². The first kappa shape index (κ1) is 39.6. The van der Waals surface area contributed by atoms with E-state index in [4.69, 9.17) is 0 Å². The van der Waals surface area contributed by atoms with Gasteiger partial charge in [0.1, 0.15) is 12.1 Å². The first-order valence-electron chi connectivity index (χ1n) is 18.3. The van der Waals surface area contributed by atoms with E-state index in [2.05, 4.69) is 21.3 Å². The Kier molecular flexibility index (Phi) is 14.7. The lowest BCUT2D eigenvalue weighted by atomic mass is 9.91. The minimum Gasteiger partial charge on any atom is -0.481 e. The van der Waals surface area contributed by atoms with Gasteiger partial charge in [0.25, 0.3) is 0 Å². The van der Waals surface area contributed by atoms with Crippen LogP contribution in [0.1, 0.15) is 54.5 Å². The molecule has 5 N–H and O–H groups in total. The van der Waals surface area contributed by atoms with E-state index in [-0.39, 0.29) is 57.4 Å². The van der Waals surface area contributed by atoms with Crippen molar-refractivity contribution in [1.29, 1.82) is 0 Å². The minimum atomic E-state index is -1.17. The van der Waals surface area contributed by atoms with Crippen LogP contribution in [-0.2, 0) is 48.0 Å². The zero-order valence-corrected chi connectivity index (χ0v) is 30.8. The van der Waals surface area contributed by atoms with Crippen molar-refractivity contribution >= 4 is 46.7 Å². The number of rotatable bonds is 8. The fraction of sp³-hybridized carbons (Fsp3) is 0.333. The van der Waals surface area contributed by atoms with Crippen LogP contribution in [0.5, 0.6) is 0 Å². The number of aliphatic carboxylic acids is 1. The van der Waals surface area contributed by atoms with Crippen LogP contribution in [0.3, 0.4) is 0 Å². The van der Waals surface area contributed by atoms with Gasteiger partial charge >= 0.3 is 5.97 Å². The molecule has 3 aromatic carbocycles. The molecule has 0 radical (unpaired) electrons. The van der Waals surface area contributed by atoms with Crippen LogP contribution in [0.15, 0.2) is 102 Å². The standard InChI is InChI=1S/C42H46N4O7S/c47-37-26-32(42(52)53)14-7-8-22-43-38(48)20-21-39(49)44-36(27-33-15-9-23-54-33)41(51)46-35(40(50)45-34(37)24-28-10-3-1-4-11-28)25-29-16-18-31(19-17-29)30-12-5-2-6-13-30/h1-6,9-13,15-19,23,32,34-36H,7-8,14,20-22,24-27H2,(H,43,48)(H,44,49)(H,45,50)(H,46,51)(H,52,53)/t32-,34-,35+,36-/m1/s1. The lowest BCUT2D eigenvalue weighted by molar-refractivity contribution is -0.144. The summed E-state index contributed by atoms with van der Waals surface area (Å²) in [6.07, 6.45) is 0.928. The summed E-state index contributed by atoms with van der Waals surface area (Å²) < 4.78 is 0. The summed E-state index contributed by atoms with van der Waals surface area (Å²) in [6, 6.07) is 26.9. The second-order valence-electron chi connectivity index (χ2n) is 13.5. The van der Waals surface area contributed by atoms with Crippen LogP contribution in [0.25, 0.3) is 11.1 Å². The van der Waals surface area contributed by atoms with Gasteiger partial charge in [0, 0.05) is 43.5 Å². The molecule has 4 aromatic rings. The number of carbonyl (C=O) groups excluding carboxylic acids is 5. The van der Waals surface area contributed by atoms with Gasteiger partial charge < -0.3 is 26.4 Å². The Hall–Kier alpha value is -5.62. The van der Waals surface area contributed by atoms with Crippen LogP contribution < -0.4 is 21.3 Å². The number of carbonyl (C=O) groups is 6.